The third-order valence-electron chi connectivity index (χ3n) is 4.77. The number of carbonyl (C=O) groups is 2. The topological polar surface area (TPSA) is 65.6 Å². The van der Waals surface area contributed by atoms with Gasteiger partial charge in [0.05, 0.1) is 12.6 Å². The van der Waals surface area contributed by atoms with E-state index in [1.165, 1.54) is 0 Å². The van der Waals surface area contributed by atoms with Crippen molar-refractivity contribution in [3.8, 4) is 0 Å². The fraction of sp³-hybridized carbons (Fsp3) is 0.333. The summed E-state index contributed by atoms with van der Waals surface area (Å²) in [5.74, 6) is -0.0646. The van der Waals surface area contributed by atoms with E-state index in [1.807, 2.05) is 24.3 Å². The Kier molecular flexibility index (Phi) is 4.13. The van der Waals surface area contributed by atoms with Crippen LogP contribution < -0.4 is 0 Å². The minimum absolute atomic E-state index is 0.0646. The molecule has 1 N–H and O–H groups in total. The van der Waals surface area contributed by atoms with Crippen LogP contribution in [0, 0.1) is 0 Å². The number of nitrogens with zero attached hydrogens (tertiary/aromatic N) is 2. The summed E-state index contributed by atoms with van der Waals surface area (Å²) in [6.07, 6.45) is 1.86. The van der Waals surface area contributed by atoms with Gasteiger partial charge in [-0.15, -0.1) is 0 Å². The van der Waals surface area contributed by atoms with Crippen molar-refractivity contribution < 1.29 is 14.3 Å². The molecule has 2 aliphatic heterocycles. The predicted molar refractivity (Wildman–Crippen MR) is 92.6 cm³/mol. The van der Waals surface area contributed by atoms with Crippen LogP contribution in [0.3, 0.4) is 0 Å². The SMILES string of the molecule is O=C(c1ccc[nH]1)N1C[C@H]2OC(=O)N(CCc3cccc(Cl)c3)[C@H]2C1. The molecule has 25 heavy (non-hydrogen) atoms. The quantitative estimate of drug-likeness (QED) is 0.912. The number of carbonyl (C=O) groups excluding carboxylic acids is 2. The number of aromatic amines is 1. The number of amides is 2. The van der Waals surface area contributed by atoms with Crippen molar-refractivity contribution in [1.29, 1.82) is 0 Å². The summed E-state index contributed by atoms with van der Waals surface area (Å²) in [5.41, 5.74) is 1.62. The number of hydrogen-bond donors (Lipinski definition) is 1. The maximum atomic E-state index is 12.5. The molecule has 0 radical (unpaired) electrons. The number of hydrogen-bond acceptors (Lipinski definition) is 3. The normalized spacial score (nSPS) is 22.2. The lowest BCUT2D eigenvalue weighted by Crippen LogP contribution is -2.40. The molecule has 2 aliphatic rings. The first-order valence-electron chi connectivity index (χ1n) is 8.26. The largest absolute Gasteiger partial charge is 0.442 e. The van der Waals surface area contributed by atoms with Gasteiger partial charge in [0.25, 0.3) is 5.91 Å². The molecule has 2 saturated heterocycles. The Hall–Kier alpha value is -2.47. The highest BCUT2D eigenvalue weighted by Gasteiger charge is 2.48. The molecule has 6 nitrogen and oxygen atoms in total. The summed E-state index contributed by atoms with van der Waals surface area (Å²) in [6, 6.07) is 11.1. The smallest absolute Gasteiger partial charge is 0.410 e. The van der Waals surface area contributed by atoms with Gasteiger partial charge in [-0.2, -0.15) is 0 Å². The fourth-order valence-corrected chi connectivity index (χ4v) is 3.72. The number of ether oxygens (including phenoxy) is 1. The maximum Gasteiger partial charge on any atom is 0.410 e. The molecule has 0 saturated carbocycles. The number of H-pyrrole nitrogens is 1. The van der Waals surface area contributed by atoms with Gasteiger partial charge >= 0.3 is 6.09 Å². The zero-order valence-corrected chi connectivity index (χ0v) is 14.3. The van der Waals surface area contributed by atoms with Gasteiger partial charge in [-0.25, -0.2) is 4.79 Å². The summed E-state index contributed by atoms with van der Waals surface area (Å²) >= 11 is 6.01. The minimum atomic E-state index is -0.302. The number of halogens is 1. The number of nitrogens with one attached hydrogen (secondary N) is 1. The van der Waals surface area contributed by atoms with Crippen molar-refractivity contribution in [2.24, 2.45) is 0 Å². The highest BCUT2D eigenvalue weighted by atomic mass is 35.5. The highest BCUT2D eigenvalue weighted by molar-refractivity contribution is 6.30. The molecular weight excluding hydrogens is 342 g/mol. The lowest BCUT2D eigenvalue weighted by atomic mass is 10.1. The van der Waals surface area contributed by atoms with Crippen LogP contribution in [0.15, 0.2) is 42.6 Å². The Morgan fingerprint density at radius 1 is 1.28 bits per heavy atom. The lowest BCUT2D eigenvalue weighted by molar-refractivity contribution is 0.0723. The van der Waals surface area contributed by atoms with Crippen LogP contribution in [0.2, 0.25) is 5.02 Å². The molecule has 0 spiro atoms. The van der Waals surface area contributed by atoms with Gasteiger partial charge in [-0.05, 0) is 36.2 Å². The van der Waals surface area contributed by atoms with E-state index in [0.717, 1.165) is 5.56 Å². The predicted octanol–water partition coefficient (Wildman–Crippen LogP) is 2.56. The second kappa shape index (κ2) is 6.44. The van der Waals surface area contributed by atoms with E-state index in [9.17, 15) is 9.59 Å². The van der Waals surface area contributed by atoms with Gasteiger partial charge in [-0.1, -0.05) is 23.7 Å². The van der Waals surface area contributed by atoms with Gasteiger partial charge in [0.2, 0.25) is 0 Å². The maximum absolute atomic E-state index is 12.5. The number of fused-ring (bicyclic) bond motifs is 1. The highest BCUT2D eigenvalue weighted by Crippen LogP contribution is 2.28. The zero-order chi connectivity index (χ0) is 17.4. The average Bonchev–Trinajstić information content (AvgIpc) is 3.29. The summed E-state index contributed by atoms with van der Waals surface area (Å²) in [7, 11) is 0. The van der Waals surface area contributed by atoms with E-state index >= 15 is 0 Å². The monoisotopic (exact) mass is 359 g/mol. The van der Waals surface area contributed by atoms with Crippen LogP contribution in [-0.2, 0) is 11.2 Å². The third-order valence-corrected chi connectivity index (χ3v) is 5.01. The first-order valence-corrected chi connectivity index (χ1v) is 8.64. The molecule has 0 bridgehead atoms. The Labute approximate surface area is 150 Å². The van der Waals surface area contributed by atoms with Gasteiger partial charge in [0, 0.05) is 24.3 Å². The molecule has 130 valence electrons. The van der Waals surface area contributed by atoms with Crippen LogP contribution >= 0.6 is 11.6 Å². The van der Waals surface area contributed by atoms with Gasteiger partial charge in [0.15, 0.2) is 0 Å². The second-order valence-electron chi connectivity index (χ2n) is 6.36. The van der Waals surface area contributed by atoms with Crippen molar-refractivity contribution in [3.63, 3.8) is 0 Å². The Morgan fingerprint density at radius 2 is 2.16 bits per heavy atom. The Balaban J connectivity index is 1.42. The first kappa shape index (κ1) is 16.0. The number of benzene rings is 1. The third kappa shape index (κ3) is 3.09. The van der Waals surface area contributed by atoms with E-state index in [2.05, 4.69) is 4.98 Å². The molecule has 2 fully saturated rings. The summed E-state index contributed by atoms with van der Waals surface area (Å²) in [6.45, 7) is 1.47. The summed E-state index contributed by atoms with van der Waals surface area (Å²) in [4.78, 5) is 31.0. The molecule has 2 aromatic rings. The van der Waals surface area contributed by atoms with Crippen molar-refractivity contribution in [2.45, 2.75) is 18.6 Å². The molecule has 2 atom stereocenters. The Bertz CT molecular complexity index is 793. The van der Waals surface area contributed by atoms with Gasteiger partial charge in [0.1, 0.15) is 11.8 Å². The van der Waals surface area contributed by atoms with E-state index in [4.69, 9.17) is 16.3 Å². The molecular formula is C18H18ClN3O3. The molecule has 3 heterocycles. The van der Waals surface area contributed by atoms with E-state index < -0.39 is 0 Å². The minimum Gasteiger partial charge on any atom is -0.442 e. The summed E-state index contributed by atoms with van der Waals surface area (Å²) < 4.78 is 5.46. The molecule has 4 rings (SSSR count). The molecule has 0 unspecified atom stereocenters. The van der Waals surface area contributed by atoms with Crippen LogP contribution in [0.4, 0.5) is 4.79 Å². The molecule has 1 aromatic carbocycles. The molecule has 7 heteroatoms. The van der Waals surface area contributed by atoms with Crippen molar-refractivity contribution in [2.75, 3.05) is 19.6 Å². The number of rotatable bonds is 4. The lowest BCUT2D eigenvalue weighted by Gasteiger charge is -2.22. The number of likely N-dealkylation sites (tertiary alicyclic amines) is 1. The van der Waals surface area contributed by atoms with Crippen LogP contribution in [0.1, 0.15) is 16.1 Å². The first-order chi connectivity index (χ1) is 12.1. The van der Waals surface area contributed by atoms with Crippen molar-refractivity contribution in [1.82, 2.24) is 14.8 Å². The second-order valence-corrected chi connectivity index (χ2v) is 6.79. The summed E-state index contributed by atoms with van der Waals surface area (Å²) in [5, 5.41) is 0.683. The molecule has 1 aromatic heterocycles. The standard InChI is InChI=1S/C18H18ClN3O3/c19-13-4-1-3-12(9-13)6-8-22-15-10-21(11-16(15)25-18(22)24)17(23)14-5-2-7-20-14/h1-5,7,9,15-16,20H,6,8,10-11H2/t15-,16+/m0/s1. The molecule has 0 aliphatic carbocycles. The van der Waals surface area contributed by atoms with Crippen LogP contribution in [0.5, 0.6) is 0 Å². The van der Waals surface area contributed by atoms with E-state index in [1.54, 1.807) is 28.1 Å². The average molecular weight is 360 g/mol. The van der Waals surface area contributed by atoms with Crippen LogP contribution in [0.25, 0.3) is 0 Å². The fourth-order valence-electron chi connectivity index (χ4n) is 3.50. The van der Waals surface area contributed by atoms with E-state index in [0.29, 0.717) is 36.8 Å². The molecule has 2 amide bonds. The van der Waals surface area contributed by atoms with E-state index in [-0.39, 0.29) is 24.1 Å². The van der Waals surface area contributed by atoms with Gasteiger partial charge < -0.3 is 14.6 Å². The van der Waals surface area contributed by atoms with Crippen LogP contribution in [-0.4, -0.2) is 58.6 Å². The van der Waals surface area contributed by atoms with Crippen molar-refractivity contribution in [3.05, 3.63) is 58.9 Å². The zero-order valence-electron chi connectivity index (χ0n) is 13.5. The Morgan fingerprint density at radius 3 is 2.92 bits per heavy atom. The number of aromatic nitrogens is 1. The van der Waals surface area contributed by atoms with Gasteiger partial charge in [-0.3, -0.25) is 9.69 Å². The van der Waals surface area contributed by atoms with Crippen molar-refractivity contribution >= 4 is 23.6 Å².